The first kappa shape index (κ1) is 19.8. The number of hydrogen-bond donors (Lipinski definition) is 1. The van der Waals surface area contributed by atoms with Crippen LogP contribution < -0.4 is 5.32 Å². The highest BCUT2D eigenvalue weighted by Gasteiger charge is 2.08. The normalized spacial score (nSPS) is 11.5. The summed E-state index contributed by atoms with van der Waals surface area (Å²) in [6, 6.07) is 2.06. The molecular weight excluding hydrogens is 326 g/mol. The van der Waals surface area contributed by atoms with Crippen LogP contribution in [0.1, 0.15) is 11.8 Å². The molecule has 0 amide bonds. The van der Waals surface area contributed by atoms with Crippen LogP contribution in [0.15, 0.2) is 35.4 Å². The molecule has 0 aromatic carbocycles. The van der Waals surface area contributed by atoms with Crippen molar-refractivity contribution in [3.8, 4) is 6.07 Å². The number of thiazole rings is 1. The number of ether oxygens (including phenoxy) is 2. The van der Waals surface area contributed by atoms with Gasteiger partial charge in [0.1, 0.15) is 16.8 Å². The van der Waals surface area contributed by atoms with E-state index in [1.165, 1.54) is 17.5 Å². The molecule has 0 saturated heterocycles. The van der Waals surface area contributed by atoms with Gasteiger partial charge < -0.3 is 19.7 Å². The molecule has 7 nitrogen and oxygen atoms in total. The number of nitrogens with one attached hydrogen (secondary N) is 1. The Morgan fingerprint density at radius 3 is 2.62 bits per heavy atom. The Hall–Kier alpha value is -2.21. The Morgan fingerprint density at radius 1 is 1.46 bits per heavy atom. The molecule has 130 valence electrons. The molecule has 1 heterocycles. The summed E-state index contributed by atoms with van der Waals surface area (Å²) in [6.45, 7) is 8.52. The minimum absolute atomic E-state index is 0.540. The van der Waals surface area contributed by atoms with Gasteiger partial charge in [0.05, 0.1) is 19.4 Å². The molecule has 0 aliphatic heterocycles. The molecular formula is C16H23N5O2S. The number of hydrogen-bond acceptors (Lipinski definition) is 8. The standard InChI is InChI=1S/C16H23N5O2S/c1-5-18-15(20-16-19-12-14(11-17)24-16)10-13(2)21(6-8-22-3)7-9-23-4/h5,10,12H,2,6-9H2,1,3-4H3,(H,19,20)/b15-10+,18-5-. The van der Waals surface area contributed by atoms with Crippen LogP contribution in [-0.2, 0) is 9.47 Å². The van der Waals surface area contributed by atoms with Gasteiger partial charge in [-0.3, -0.25) is 0 Å². The molecule has 0 spiro atoms. The van der Waals surface area contributed by atoms with Gasteiger partial charge in [0.25, 0.3) is 0 Å². The lowest BCUT2D eigenvalue weighted by molar-refractivity contribution is 0.134. The van der Waals surface area contributed by atoms with Crippen LogP contribution in [0.25, 0.3) is 0 Å². The predicted octanol–water partition coefficient (Wildman–Crippen LogP) is 2.47. The fourth-order valence-electron chi connectivity index (χ4n) is 1.79. The average molecular weight is 349 g/mol. The van der Waals surface area contributed by atoms with E-state index >= 15 is 0 Å². The Balaban J connectivity index is 2.86. The number of rotatable bonds is 11. The molecule has 0 radical (unpaired) electrons. The van der Waals surface area contributed by atoms with Gasteiger partial charge in [-0.2, -0.15) is 5.26 Å². The monoisotopic (exact) mass is 349 g/mol. The fraction of sp³-hybridized carbons (Fsp3) is 0.438. The van der Waals surface area contributed by atoms with E-state index in [-0.39, 0.29) is 0 Å². The number of nitriles is 1. The first-order valence-corrected chi connectivity index (χ1v) is 8.21. The minimum Gasteiger partial charge on any atom is -0.383 e. The van der Waals surface area contributed by atoms with Crippen molar-refractivity contribution >= 4 is 22.7 Å². The van der Waals surface area contributed by atoms with E-state index in [4.69, 9.17) is 14.7 Å². The van der Waals surface area contributed by atoms with Crippen molar-refractivity contribution in [1.82, 2.24) is 9.88 Å². The topological polar surface area (TPSA) is 82.8 Å². The van der Waals surface area contributed by atoms with Crippen LogP contribution in [0, 0.1) is 11.3 Å². The first-order valence-electron chi connectivity index (χ1n) is 7.39. The van der Waals surface area contributed by atoms with Gasteiger partial charge in [-0.05, 0) is 6.92 Å². The predicted molar refractivity (Wildman–Crippen MR) is 97.2 cm³/mol. The molecule has 0 saturated carbocycles. The van der Waals surface area contributed by atoms with Crippen molar-refractivity contribution < 1.29 is 9.47 Å². The molecule has 1 rings (SSSR count). The summed E-state index contributed by atoms with van der Waals surface area (Å²) in [5, 5.41) is 12.6. The third-order valence-corrected chi connectivity index (χ3v) is 3.78. The molecule has 0 bridgehead atoms. The second-order valence-electron chi connectivity index (χ2n) is 4.65. The maximum Gasteiger partial charge on any atom is 0.189 e. The fourth-order valence-corrected chi connectivity index (χ4v) is 2.41. The van der Waals surface area contributed by atoms with Crippen molar-refractivity contribution in [3.63, 3.8) is 0 Å². The van der Waals surface area contributed by atoms with E-state index in [2.05, 4.69) is 32.8 Å². The van der Waals surface area contributed by atoms with E-state index in [9.17, 15) is 0 Å². The van der Waals surface area contributed by atoms with Crippen LogP contribution in [0.5, 0.6) is 0 Å². The highest BCUT2D eigenvalue weighted by Crippen LogP contribution is 2.19. The quantitative estimate of drug-likeness (QED) is 0.488. The Bertz CT molecular complexity index is 610. The second kappa shape index (κ2) is 11.3. The highest BCUT2D eigenvalue weighted by atomic mass is 32.1. The molecule has 0 atom stereocenters. The molecule has 24 heavy (non-hydrogen) atoms. The van der Waals surface area contributed by atoms with Gasteiger partial charge in [-0.25, -0.2) is 9.98 Å². The van der Waals surface area contributed by atoms with E-state index < -0.39 is 0 Å². The summed E-state index contributed by atoms with van der Waals surface area (Å²) < 4.78 is 10.3. The van der Waals surface area contributed by atoms with E-state index in [0.29, 0.717) is 42.1 Å². The number of aliphatic imine (C=N–C) groups is 1. The van der Waals surface area contributed by atoms with Crippen molar-refractivity contribution in [2.75, 3.05) is 45.8 Å². The van der Waals surface area contributed by atoms with Crippen LogP contribution in [-0.4, -0.2) is 56.6 Å². The third-order valence-electron chi connectivity index (χ3n) is 2.96. The first-order chi connectivity index (χ1) is 11.6. The molecule has 1 N–H and O–H groups in total. The van der Waals surface area contributed by atoms with Crippen LogP contribution >= 0.6 is 11.3 Å². The lowest BCUT2D eigenvalue weighted by Crippen LogP contribution is -2.29. The third kappa shape index (κ3) is 6.91. The SMILES string of the molecule is C=C(/C=C(\N=C/C)Nc1ncc(C#N)s1)N(CCOC)CCOC. The second-order valence-corrected chi connectivity index (χ2v) is 5.68. The largest absolute Gasteiger partial charge is 0.383 e. The van der Waals surface area contributed by atoms with Crippen molar-refractivity contribution in [2.45, 2.75) is 6.92 Å². The van der Waals surface area contributed by atoms with Crippen molar-refractivity contribution in [2.24, 2.45) is 4.99 Å². The maximum absolute atomic E-state index is 8.88. The Kier molecular flexibility index (Phi) is 9.38. The van der Waals surface area contributed by atoms with Gasteiger partial charge in [-0.15, -0.1) is 0 Å². The van der Waals surface area contributed by atoms with Gasteiger partial charge in [0.15, 0.2) is 5.13 Å². The molecule has 0 fully saturated rings. The van der Waals surface area contributed by atoms with Crippen LogP contribution in [0.4, 0.5) is 5.13 Å². The number of aromatic nitrogens is 1. The molecule has 1 aromatic heterocycles. The Morgan fingerprint density at radius 2 is 2.12 bits per heavy atom. The summed E-state index contributed by atoms with van der Waals surface area (Å²) >= 11 is 1.27. The average Bonchev–Trinajstić information content (AvgIpc) is 3.02. The zero-order valence-corrected chi connectivity index (χ0v) is 15.1. The number of methoxy groups -OCH3 is 2. The van der Waals surface area contributed by atoms with Gasteiger partial charge in [-0.1, -0.05) is 17.9 Å². The van der Waals surface area contributed by atoms with E-state index in [0.717, 1.165) is 5.70 Å². The molecule has 1 aromatic rings. The minimum atomic E-state index is 0.540. The summed E-state index contributed by atoms with van der Waals surface area (Å²) in [4.78, 5) is 11.0. The van der Waals surface area contributed by atoms with Crippen molar-refractivity contribution in [3.05, 3.63) is 35.2 Å². The zero-order chi connectivity index (χ0) is 17.8. The zero-order valence-electron chi connectivity index (χ0n) is 14.3. The number of nitrogens with zero attached hydrogens (tertiary/aromatic N) is 4. The smallest absolute Gasteiger partial charge is 0.189 e. The molecule has 0 unspecified atom stereocenters. The number of anilines is 1. The summed E-state index contributed by atoms with van der Waals surface area (Å²) in [5.41, 5.74) is 0.786. The maximum atomic E-state index is 8.88. The molecule has 0 aliphatic carbocycles. The van der Waals surface area contributed by atoms with Crippen LogP contribution in [0.2, 0.25) is 0 Å². The van der Waals surface area contributed by atoms with Gasteiger partial charge in [0.2, 0.25) is 0 Å². The van der Waals surface area contributed by atoms with E-state index in [1.807, 2.05) is 13.0 Å². The summed E-state index contributed by atoms with van der Waals surface area (Å²) in [5.74, 6) is 0.598. The van der Waals surface area contributed by atoms with Gasteiger partial charge in [0, 0.05) is 45.3 Å². The summed E-state index contributed by atoms with van der Waals surface area (Å²) in [6.07, 6.45) is 5.04. The highest BCUT2D eigenvalue weighted by molar-refractivity contribution is 7.16. The molecule has 8 heteroatoms. The van der Waals surface area contributed by atoms with E-state index in [1.54, 1.807) is 20.4 Å². The number of allylic oxidation sites excluding steroid dienone is 1. The Labute approximate surface area is 146 Å². The van der Waals surface area contributed by atoms with Gasteiger partial charge >= 0.3 is 0 Å². The lowest BCUT2D eigenvalue weighted by Gasteiger charge is -2.24. The van der Waals surface area contributed by atoms with Crippen LogP contribution in [0.3, 0.4) is 0 Å². The molecule has 0 aliphatic rings. The summed E-state index contributed by atoms with van der Waals surface area (Å²) in [7, 11) is 3.33. The lowest BCUT2D eigenvalue weighted by atomic mass is 10.3. The van der Waals surface area contributed by atoms with Crippen molar-refractivity contribution in [1.29, 1.82) is 5.26 Å².